The number of amides is 1. The molecule has 0 atom stereocenters. The third-order valence-corrected chi connectivity index (χ3v) is 3.39. The van der Waals surface area contributed by atoms with Gasteiger partial charge in [0, 0.05) is 29.1 Å². The molecular formula is C16H17BrN2O3. The van der Waals surface area contributed by atoms with E-state index in [1.54, 1.807) is 17.2 Å². The number of nitrogens with zero attached hydrogens (tertiary/aromatic N) is 2. The summed E-state index contributed by atoms with van der Waals surface area (Å²) in [4.78, 5) is 18.4. The summed E-state index contributed by atoms with van der Waals surface area (Å²) in [5.41, 5.74) is 1.29. The minimum Gasteiger partial charge on any atom is -0.394 e. The Bertz CT molecular complexity index is 607. The number of carbonyl (C=O) groups is 1. The number of aliphatic hydroxyl groups is 1. The Morgan fingerprint density at radius 2 is 2.00 bits per heavy atom. The van der Waals surface area contributed by atoms with Crippen molar-refractivity contribution in [1.82, 2.24) is 4.98 Å². The maximum absolute atomic E-state index is 12.7. The van der Waals surface area contributed by atoms with E-state index in [9.17, 15) is 4.79 Å². The number of aliphatic hydroxyl groups excluding tert-OH is 1. The van der Waals surface area contributed by atoms with Gasteiger partial charge < -0.3 is 14.7 Å². The molecule has 1 N–H and O–H groups in total. The summed E-state index contributed by atoms with van der Waals surface area (Å²) in [6, 6.07) is 11.1. The van der Waals surface area contributed by atoms with Gasteiger partial charge in [0.2, 0.25) is 0 Å². The van der Waals surface area contributed by atoms with E-state index in [4.69, 9.17) is 9.84 Å². The highest BCUT2D eigenvalue weighted by Gasteiger charge is 2.18. The molecule has 0 bridgehead atoms. The number of hydrogen-bond donors (Lipinski definition) is 1. The van der Waals surface area contributed by atoms with Crippen molar-refractivity contribution in [1.29, 1.82) is 0 Å². The third-order valence-electron chi connectivity index (χ3n) is 2.96. The Hall–Kier alpha value is -1.76. The summed E-state index contributed by atoms with van der Waals surface area (Å²) < 4.78 is 6.03. The Labute approximate surface area is 137 Å². The van der Waals surface area contributed by atoms with Gasteiger partial charge in [-0.25, -0.2) is 0 Å². The molecule has 22 heavy (non-hydrogen) atoms. The van der Waals surface area contributed by atoms with Crippen LogP contribution in [0.2, 0.25) is 0 Å². The summed E-state index contributed by atoms with van der Waals surface area (Å²) in [7, 11) is 0. The zero-order valence-electron chi connectivity index (χ0n) is 12.0. The molecule has 0 spiro atoms. The summed E-state index contributed by atoms with van der Waals surface area (Å²) in [5.74, 6) is -0.146. The highest BCUT2D eigenvalue weighted by molar-refractivity contribution is 9.10. The molecule has 0 unspecified atom stereocenters. The largest absolute Gasteiger partial charge is 0.394 e. The molecule has 2 rings (SSSR count). The van der Waals surface area contributed by atoms with Crippen molar-refractivity contribution in [3.05, 3.63) is 58.8 Å². The molecule has 0 fully saturated rings. The molecule has 0 aliphatic rings. The van der Waals surface area contributed by atoms with Crippen LogP contribution < -0.4 is 4.90 Å². The standard InChI is InChI=1S/C16H17BrN2O3/c17-14-10-13(11-18-12-14)16(21)19(6-8-22-9-7-20)15-4-2-1-3-5-15/h1-5,10-12,20H,6-9H2. The second-order valence-electron chi connectivity index (χ2n) is 4.52. The van der Waals surface area contributed by atoms with Crippen LogP contribution in [0.4, 0.5) is 5.69 Å². The number of anilines is 1. The van der Waals surface area contributed by atoms with Crippen LogP contribution in [0.1, 0.15) is 10.4 Å². The van der Waals surface area contributed by atoms with Crippen LogP contribution in [-0.2, 0) is 4.74 Å². The normalized spacial score (nSPS) is 10.5. The first-order valence-corrected chi connectivity index (χ1v) is 7.67. The lowest BCUT2D eigenvalue weighted by Gasteiger charge is -2.23. The van der Waals surface area contributed by atoms with Crippen LogP contribution in [0.25, 0.3) is 0 Å². The van der Waals surface area contributed by atoms with Crippen molar-refractivity contribution in [2.24, 2.45) is 0 Å². The molecule has 5 nitrogen and oxygen atoms in total. The van der Waals surface area contributed by atoms with E-state index in [1.165, 1.54) is 6.20 Å². The average Bonchev–Trinajstić information content (AvgIpc) is 2.55. The highest BCUT2D eigenvalue weighted by Crippen LogP contribution is 2.18. The van der Waals surface area contributed by atoms with Gasteiger partial charge in [0.1, 0.15) is 0 Å². The zero-order valence-corrected chi connectivity index (χ0v) is 13.6. The Kier molecular flexibility index (Phi) is 6.51. The topological polar surface area (TPSA) is 62.7 Å². The van der Waals surface area contributed by atoms with Gasteiger partial charge in [0.15, 0.2) is 0 Å². The lowest BCUT2D eigenvalue weighted by Crippen LogP contribution is -2.34. The molecule has 2 aromatic rings. The molecule has 1 amide bonds. The van der Waals surface area contributed by atoms with Gasteiger partial charge >= 0.3 is 0 Å². The lowest BCUT2D eigenvalue weighted by molar-refractivity contribution is 0.0886. The molecule has 1 aromatic carbocycles. The minimum atomic E-state index is -0.146. The molecule has 0 radical (unpaired) electrons. The monoisotopic (exact) mass is 364 g/mol. The number of halogens is 1. The molecule has 116 valence electrons. The van der Waals surface area contributed by atoms with Crippen LogP contribution in [0.15, 0.2) is 53.3 Å². The van der Waals surface area contributed by atoms with Crippen LogP contribution in [-0.4, -0.2) is 42.4 Å². The van der Waals surface area contributed by atoms with E-state index >= 15 is 0 Å². The fraction of sp³-hybridized carbons (Fsp3) is 0.250. The van der Waals surface area contributed by atoms with Crippen LogP contribution in [0.3, 0.4) is 0 Å². The quantitative estimate of drug-likeness (QED) is 0.766. The molecular weight excluding hydrogens is 348 g/mol. The third kappa shape index (κ3) is 4.62. The maximum atomic E-state index is 12.7. The number of hydrogen-bond acceptors (Lipinski definition) is 4. The molecule has 0 aliphatic heterocycles. The van der Waals surface area contributed by atoms with Crippen molar-refractivity contribution in [2.45, 2.75) is 0 Å². The Morgan fingerprint density at radius 1 is 1.23 bits per heavy atom. The highest BCUT2D eigenvalue weighted by atomic mass is 79.9. The number of ether oxygens (including phenoxy) is 1. The van der Waals surface area contributed by atoms with Gasteiger partial charge in [-0.2, -0.15) is 0 Å². The average molecular weight is 365 g/mol. The van der Waals surface area contributed by atoms with Crippen LogP contribution in [0, 0.1) is 0 Å². The van der Waals surface area contributed by atoms with E-state index in [0.717, 1.165) is 10.2 Å². The Balaban J connectivity index is 2.18. The first kappa shape index (κ1) is 16.6. The first-order chi connectivity index (χ1) is 10.7. The molecule has 0 aliphatic carbocycles. The zero-order chi connectivity index (χ0) is 15.8. The number of aromatic nitrogens is 1. The predicted molar refractivity (Wildman–Crippen MR) is 88.0 cm³/mol. The fourth-order valence-electron chi connectivity index (χ4n) is 1.96. The van der Waals surface area contributed by atoms with Crippen LogP contribution >= 0.6 is 15.9 Å². The molecule has 0 saturated carbocycles. The summed E-state index contributed by atoms with van der Waals surface area (Å²) in [6.45, 7) is 0.974. The van der Waals surface area contributed by atoms with Gasteiger partial charge in [-0.05, 0) is 34.1 Å². The molecule has 6 heteroatoms. The van der Waals surface area contributed by atoms with Gasteiger partial charge in [-0.3, -0.25) is 9.78 Å². The minimum absolute atomic E-state index is 0.0329. The molecule has 0 saturated heterocycles. The number of pyridine rings is 1. The molecule has 1 heterocycles. The summed E-state index contributed by atoms with van der Waals surface area (Å²) in [6.07, 6.45) is 3.17. The summed E-state index contributed by atoms with van der Waals surface area (Å²) >= 11 is 3.32. The number of para-hydroxylation sites is 1. The summed E-state index contributed by atoms with van der Waals surface area (Å²) in [5, 5.41) is 8.75. The number of carbonyl (C=O) groups excluding carboxylic acids is 1. The van der Waals surface area contributed by atoms with E-state index in [1.807, 2.05) is 30.3 Å². The maximum Gasteiger partial charge on any atom is 0.259 e. The van der Waals surface area contributed by atoms with Crippen molar-refractivity contribution in [2.75, 3.05) is 31.3 Å². The van der Waals surface area contributed by atoms with Crippen molar-refractivity contribution in [3.8, 4) is 0 Å². The first-order valence-electron chi connectivity index (χ1n) is 6.88. The van der Waals surface area contributed by atoms with Crippen molar-refractivity contribution in [3.63, 3.8) is 0 Å². The smallest absolute Gasteiger partial charge is 0.259 e. The van der Waals surface area contributed by atoms with Crippen molar-refractivity contribution >= 4 is 27.5 Å². The van der Waals surface area contributed by atoms with E-state index < -0.39 is 0 Å². The van der Waals surface area contributed by atoms with Gasteiger partial charge in [0.25, 0.3) is 5.91 Å². The fourth-order valence-corrected chi connectivity index (χ4v) is 2.33. The SMILES string of the molecule is O=C(c1cncc(Br)c1)N(CCOCCO)c1ccccc1. The number of benzene rings is 1. The van der Waals surface area contributed by atoms with Gasteiger partial charge in [-0.1, -0.05) is 18.2 Å². The van der Waals surface area contributed by atoms with E-state index in [2.05, 4.69) is 20.9 Å². The van der Waals surface area contributed by atoms with Gasteiger partial charge in [-0.15, -0.1) is 0 Å². The second-order valence-corrected chi connectivity index (χ2v) is 5.44. The van der Waals surface area contributed by atoms with E-state index in [-0.39, 0.29) is 19.1 Å². The van der Waals surface area contributed by atoms with Crippen molar-refractivity contribution < 1.29 is 14.6 Å². The van der Waals surface area contributed by atoms with Gasteiger partial charge in [0.05, 0.1) is 25.4 Å². The predicted octanol–water partition coefficient (Wildman–Crippen LogP) is 2.50. The van der Waals surface area contributed by atoms with Crippen LogP contribution in [0.5, 0.6) is 0 Å². The molecule has 1 aromatic heterocycles. The number of rotatable bonds is 7. The lowest BCUT2D eigenvalue weighted by atomic mass is 10.2. The second kappa shape index (κ2) is 8.63. The van der Waals surface area contributed by atoms with E-state index in [0.29, 0.717) is 18.7 Å². The Morgan fingerprint density at radius 3 is 2.68 bits per heavy atom.